The Morgan fingerprint density at radius 1 is 1.19 bits per heavy atom. The van der Waals surface area contributed by atoms with Crippen LogP contribution in [-0.2, 0) is 22.6 Å². The summed E-state index contributed by atoms with van der Waals surface area (Å²) in [7, 11) is 0. The van der Waals surface area contributed by atoms with E-state index >= 15 is 0 Å². The predicted octanol–water partition coefficient (Wildman–Crippen LogP) is 3.16. The second-order valence-electron chi connectivity index (χ2n) is 4.66. The van der Waals surface area contributed by atoms with Crippen molar-refractivity contribution in [3.05, 3.63) is 59.1 Å². The second-order valence-corrected chi connectivity index (χ2v) is 5.77. The van der Waals surface area contributed by atoms with Crippen molar-refractivity contribution >= 4 is 33.2 Å². The van der Waals surface area contributed by atoms with Crippen molar-refractivity contribution in [3.8, 4) is 0 Å². The minimum absolute atomic E-state index is 0.209. The van der Waals surface area contributed by atoms with E-state index in [1.807, 2.05) is 36.4 Å². The zero-order chi connectivity index (χ0) is 14.7. The molecule has 0 unspecified atom stereocenters. The normalized spacial score (nSPS) is 10.7. The maximum absolute atomic E-state index is 11.8. The lowest BCUT2D eigenvalue weighted by Gasteiger charge is -2.03. The standard InChI is InChI=1S/C16H14N2O2S/c17-12-5-3-4-11(8-12)9-16(19)20-10-15-18-13-6-1-2-7-14(13)21-15/h1-8H,9-10,17H2. The van der Waals surface area contributed by atoms with Gasteiger partial charge in [0.1, 0.15) is 11.6 Å². The van der Waals surface area contributed by atoms with Crippen molar-refractivity contribution in [2.24, 2.45) is 0 Å². The Morgan fingerprint density at radius 3 is 2.86 bits per heavy atom. The van der Waals surface area contributed by atoms with E-state index in [4.69, 9.17) is 10.5 Å². The minimum atomic E-state index is -0.278. The van der Waals surface area contributed by atoms with Crippen LogP contribution in [0.25, 0.3) is 10.2 Å². The molecular formula is C16H14N2O2S. The van der Waals surface area contributed by atoms with Gasteiger partial charge in [-0.25, -0.2) is 4.98 Å². The zero-order valence-electron chi connectivity index (χ0n) is 11.3. The number of nitrogen functional groups attached to an aromatic ring is 1. The van der Waals surface area contributed by atoms with Gasteiger partial charge in [-0.05, 0) is 29.8 Å². The first-order valence-corrected chi connectivity index (χ1v) is 7.37. The summed E-state index contributed by atoms with van der Waals surface area (Å²) in [6.07, 6.45) is 0.218. The maximum Gasteiger partial charge on any atom is 0.310 e. The third-order valence-electron chi connectivity index (χ3n) is 2.99. The monoisotopic (exact) mass is 298 g/mol. The first-order chi connectivity index (χ1) is 10.2. The van der Waals surface area contributed by atoms with E-state index in [1.165, 1.54) is 11.3 Å². The third kappa shape index (κ3) is 3.38. The van der Waals surface area contributed by atoms with Crippen molar-refractivity contribution in [1.29, 1.82) is 0 Å². The van der Waals surface area contributed by atoms with Crippen molar-refractivity contribution in [3.63, 3.8) is 0 Å². The molecule has 0 saturated carbocycles. The Kier molecular flexibility index (Phi) is 3.83. The lowest BCUT2D eigenvalue weighted by Crippen LogP contribution is -2.08. The fourth-order valence-corrected chi connectivity index (χ4v) is 2.93. The summed E-state index contributed by atoms with van der Waals surface area (Å²) in [5.41, 5.74) is 8.11. The molecule has 0 aliphatic rings. The highest BCUT2D eigenvalue weighted by Gasteiger charge is 2.08. The summed E-state index contributed by atoms with van der Waals surface area (Å²) >= 11 is 1.54. The van der Waals surface area contributed by atoms with Crippen LogP contribution < -0.4 is 5.73 Å². The summed E-state index contributed by atoms with van der Waals surface area (Å²) < 4.78 is 6.37. The molecule has 0 atom stereocenters. The Morgan fingerprint density at radius 2 is 2.05 bits per heavy atom. The van der Waals surface area contributed by atoms with Crippen LogP contribution in [0.15, 0.2) is 48.5 Å². The van der Waals surface area contributed by atoms with Gasteiger partial charge in [0, 0.05) is 5.69 Å². The molecule has 0 aliphatic carbocycles. The van der Waals surface area contributed by atoms with E-state index < -0.39 is 0 Å². The summed E-state index contributed by atoms with van der Waals surface area (Å²) in [5.74, 6) is -0.278. The van der Waals surface area contributed by atoms with Crippen LogP contribution in [0.1, 0.15) is 10.6 Å². The van der Waals surface area contributed by atoms with Gasteiger partial charge in [0.15, 0.2) is 0 Å². The topological polar surface area (TPSA) is 65.2 Å². The smallest absolute Gasteiger partial charge is 0.310 e. The molecule has 3 rings (SSSR count). The minimum Gasteiger partial charge on any atom is -0.458 e. The average Bonchev–Trinajstić information content (AvgIpc) is 2.88. The van der Waals surface area contributed by atoms with Crippen LogP contribution in [0.5, 0.6) is 0 Å². The summed E-state index contributed by atoms with van der Waals surface area (Å²) in [6, 6.07) is 15.1. The number of hydrogen-bond donors (Lipinski definition) is 1. The van der Waals surface area contributed by atoms with Gasteiger partial charge in [0.05, 0.1) is 16.6 Å². The molecule has 3 aromatic rings. The molecule has 0 amide bonds. The number of rotatable bonds is 4. The highest BCUT2D eigenvalue weighted by atomic mass is 32.1. The second kappa shape index (κ2) is 5.93. The van der Waals surface area contributed by atoms with E-state index in [0.29, 0.717) is 5.69 Å². The summed E-state index contributed by atoms with van der Waals surface area (Å²) in [6.45, 7) is 0.209. The quantitative estimate of drug-likeness (QED) is 0.593. The van der Waals surface area contributed by atoms with Crippen LogP contribution >= 0.6 is 11.3 Å². The molecule has 1 aromatic heterocycles. The average molecular weight is 298 g/mol. The first-order valence-electron chi connectivity index (χ1n) is 6.55. The summed E-state index contributed by atoms with van der Waals surface area (Å²) in [5, 5.41) is 0.803. The van der Waals surface area contributed by atoms with Gasteiger partial charge in [0.2, 0.25) is 0 Å². The molecule has 0 aliphatic heterocycles. The molecule has 2 N–H and O–H groups in total. The molecule has 0 fully saturated rings. The van der Waals surface area contributed by atoms with Crippen molar-refractivity contribution in [2.45, 2.75) is 13.0 Å². The number of esters is 1. The lowest BCUT2D eigenvalue weighted by atomic mass is 10.1. The fourth-order valence-electron chi connectivity index (χ4n) is 2.04. The number of aromatic nitrogens is 1. The molecule has 0 saturated heterocycles. The van der Waals surface area contributed by atoms with Gasteiger partial charge in [-0.2, -0.15) is 0 Å². The molecule has 106 valence electrons. The largest absolute Gasteiger partial charge is 0.458 e. The van der Waals surface area contributed by atoms with Gasteiger partial charge in [-0.15, -0.1) is 11.3 Å². The molecule has 21 heavy (non-hydrogen) atoms. The van der Waals surface area contributed by atoms with Crippen LogP contribution in [-0.4, -0.2) is 11.0 Å². The van der Waals surface area contributed by atoms with Crippen LogP contribution in [0.4, 0.5) is 5.69 Å². The molecule has 5 heteroatoms. The van der Waals surface area contributed by atoms with E-state index in [2.05, 4.69) is 4.98 Å². The van der Waals surface area contributed by atoms with E-state index in [-0.39, 0.29) is 19.0 Å². The SMILES string of the molecule is Nc1cccc(CC(=O)OCc2nc3ccccc3s2)c1. The van der Waals surface area contributed by atoms with Gasteiger partial charge in [-0.3, -0.25) is 4.79 Å². The number of nitrogens with two attached hydrogens (primary N) is 1. The molecule has 0 radical (unpaired) electrons. The highest BCUT2D eigenvalue weighted by molar-refractivity contribution is 7.18. The van der Waals surface area contributed by atoms with E-state index in [9.17, 15) is 4.79 Å². The lowest BCUT2D eigenvalue weighted by molar-refractivity contribution is -0.144. The van der Waals surface area contributed by atoms with Crippen LogP contribution in [0, 0.1) is 0 Å². The Hall–Kier alpha value is -2.40. The number of carbonyl (C=O) groups excluding carboxylic acids is 1. The molecule has 0 spiro atoms. The summed E-state index contributed by atoms with van der Waals surface area (Å²) in [4.78, 5) is 16.3. The van der Waals surface area contributed by atoms with Crippen LogP contribution in [0.2, 0.25) is 0 Å². The fraction of sp³-hybridized carbons (Fsp3) is 0.125. The first kappa shape index (κ1) is 13.6. The highest BCUT2D eigenvalue weighted by Crippen LogP contribution is 2.22. The number of nitrogens with zero attached hydrogens (tertiary/aromatic N) is 1. The zero-order valence-corrected chi connectivity index (χ0v) is 12.1. The number of anilines is 1. The van der Waals surface area contributed by atoms with E-state index in [1.54, 1.807) is 12.1 Å². The van der Waals surface area contributed by atoms with Gasteiger partial charge < -0.3 is 10.5 Å². The molecule has 2 aromatic carbocycles. The number of benzene rings is 2. The van der Waals surface area contributed by atoms with Crippen molar-refractivity contribution in [2.75, 3.05) is 5.73 Å². The number of hydrogen-bond acceptors (Lipinski definition) is 5. The van der Waals surface area contributed by atoms with Gasteiger partial charge >= 0.3 is 5.97 Å². The number of fused-ring (bicyclic) bond motifs is 1. The number of para-hydroxylation sites is 1. The number of thiazole rings is 1. The molecule has 0 bridgehead atoms. The molecule has 4 nitrogen and oxygen atoms in total. The molecular weight excluding hydrogens is 284 g/mol. The van der Waals surface area contributed by atoms with Crippen molar-refractivity contribution in [1.82, 2.24) is 4.98 Å². The number of ether oxygens (including phenoxy) is 1. The van der Waals surface area contributed by atoms with Crippen LogP contribution in [0.3, 0.4) is 0 Å². The van der Waals surface area contributed by atoms with Gasteiger partial charge in [-0.1, -0.05) is 24.3 Å². The number of carbonyl (C=O) groups is 1. The molecule has 1 heterocycles. The Balaban J connectivity index is 1.60. The van der Waals surface area contributed by atoms with Crippen molar-refractivity contribution < 1.29 is 9.53 Å². The predicted molar refractivity (Wildman–Crippen MR) is 84.0 cm³/mol. The van der Waals surface area contributed by atoms with E-state index in [0.717, 1.165) is 20.8 Å². The van der Waals surface area contributed by atoms with Gasteiger partial charge in [0.25, 0.3) is 0 Å². The third-order valence-corrected chi connectivity index (χ3v) is 4.00. The Labute approximate surface area is 126 Å². The maximum atomic E-state index is 11.8. The Bertz CT molecular complexity index is 750.